The minimum absolute atomic E-state index is 0.278. The van der Waals surface area contributed by atoms with Crippen LogP contribution in [0.25, 0.3) is 0 Å². The summed E-state index contributed by atoms with van der Waals surface area (Å²) in [6.45, 7) is 6.15. The normalized spacial score (nSPS) is 21.3. The number of aliphatic hydroxyl groups excluding tert-OH is 1. The molecule has 0 saturated carbocycles. The van der Waals surface area contributed by atoms with Crippen LogP contribution in [0, 0.1) is 5.41 Å². The van der Waals surface area contributed by atoms with Crippen molar-refractivity contribution in [3.63, 3.8) is 0 Å². The van der Waals surface area contributed by atoms with E-state index in [1.54, 1.807) is 0 Å². The number of ether oxygens (including phenoxy) is 1. The lowest BCUT2D eigenvalue weighted by Gasteiger charge is -2.38. The Morgan fingerprint density at radius 3 is 2.73 bits per heavy atom. The van der Waals surface area contributed by atoms with Gasteiger partial charge in [0.2, 0.25) is 0 Å². The Labute approximate surface area is 67.7 Å². The van der Waals surface area contributed by atoms with Crippen molar-refractivity contribution < 1.29 is 9.84 Å². The second kappa shape index (κ2) is 4.04. The van der Waals surface area contributed by atoms with E-state index in [0.29, 0.717) is 5.41 Å². The van der Waals surface area contributed by atoms with Crippen molar-refractivity contribution in [1.82, 2.24) is 5.32 Å². The molecule has 1 aliphatic heterocycles. The van der Waals surface area contributed by atoms with Crippen molar-refractivity contribution in [1.29, 1.82) is 0 Å². The maximum Gasteiger partial charge on any atom is 0.0554 e. The van der Waals surface area contributed by atoms with Crippen LogP contribution in [0.3, 0.4) is 0 Å². The summed E-state index contributed by atoms with van der Waals surface area (Å²) in [5.74, 6) is 0. The predicted molar refractivity (Wildman–Crippen MR) is 43.5 cm³/mol. The topological polar surface area (TPSA) is 41.5 Å². The van der Waals surface area contributed by atoms with E-state index in [1.165, 1.54) is 0 Å². The van der Waals surface area contributed by atoms with Gasteiger partial charge in [0.25, 0.3) is 0 Å². The summed E-state index contributed by atoms with van der Waals surface area (Å²) in [6, 6.07) is 0. The highest BCUT2D eigenvalue weighted by molar-refractivity contribution is 4.82. The lowest BCUT2D eigenvalue weighted by molar-refractivity contribution is -0.0989. The molecule has 0 aromatic rings. The molecule has 0 spiro atoms. The Bertz CT molecular complexity index is 113. The first-order valence-corrected chi connectivity index (χ1v) is 4.16. The summed E-state index contributed by atoms with van der Waals surface area (Å²) in [4.78, 5) is 0. The monoisotopic (exact) mass is 159 g/mol. The first-order chi connectivity index (χ1) is 5.27. The maximum atomic E-state index is 8.50. The van der Waals surface area contributed by atoms with Crippen LogP contribution in [0.1, 0.15) is 13.3 Å². The molecule has 0 atom stereocenters. The SMILES string of the molecule is CC1(CNCCCO)COC1. The van der Waals surface area contributed by atoms with Crippen LogP contribution >= 0.6 is 0 Å². The second-order valence-electron chi connectivity index (χ2n) is 3.56. The van der Waals surface area contributed by atoms with Gasteiger partial charge in [-0.2, -0.15) is 0 Å². The average molecular weight is 159 g/mol. The molecule has 1 aliphatic rings. The highest BCUT2D eigenvalue weighted by atomic mass is 16.5. The molecule has 0 bridgehead atoms. The van der Waals surface area contributed by atoms with Crippen molar-refractivity contribution in [2.24, 2.45) is 5.41 Å². The molecule has 0 aliphatic carbocycles. The third kappa shape index (κ3) is 2.77. The molecule has 0 aromatic heterocycles. The first kappa shape index (κ1) is 8.97. The van der Waals surface area contributed by atoms with Gasteiger partial charge >= 0.3 is 0 Å². The maximum absolute atomic E-state index is 8.50. The Morgan fingerprint density at radius 1 is 1.55 bits per heavy atom. The molecular formula is C8H17NO2. The molecule has 2 N–H and O–H groups in total. The van der Waals surface area contributed by atoms with E-state index < -0.39 is 0 Å². The Kier molecular flexibility index (Phi) is 3.30. The van der Waals surface area contributed by atoms with Crippen molar-refractivity contribution in [3.8, 4) is 0 Å². The molecule has 0 aromatic carbocycles. The van der Waals surface area contributed by atoms with Gasteiger partial charge in [-0.1, -0.05) is 6.92 Å². The number of hydrogen-bond acceptors (Lipinski definition) is 3. The molecule has 0 amide bonds. The molecule has 3 nitrogen and oxygen atoms in total. The zero-order chi connectivity index (χ0) is 8.16. The van der Waals surface area contributed by atoms with Crippen LogP contribution in [0.5, 0.6) is 0 Å². The van der Waals surface area contributed by atoms with Crippen LogP contribution in [-0.4, -0.2) is 38.0 Å². The van der Waals surface area contributed by atoms with Crippen LogP contribution in [-0.2, 0) is 4.74 Å². The van der Waals surface area contributed by atoms with Crippen LogP contribution in [0.2, 0.25) is 0 Å². The van der Waals surface area contributed by atoms with Crippen LogP contribution in [0.15, 0.2) is 0 Å². The summed E-state index contributed by atoms with van der Waals surface area (Å²) in [5, 5.41) is 11.8. The van der Waals surface area contributed by atoms with Gasteiger partial charge in [0.15, 0.2) is 0 Å². The van der Waals surface area contributed by atoms with E-state index in [-0.39, 0.29) is 6.61 Å². The third-order valence-electron chi connectivity index (χ3n) is 1.96. The van der Waals surface area contributed by atoms with E-state index in [2.05, 4.69) is 12.2 Å². The minimum atomic E-state index is 0.278. The molecule has 0 radical (unpaired) electrons. The smallest absolute Gasteiger partial charge is 0.0554 e. The third-order valence-corrected chi connectivity index (χ3v) is 1.96. The van der Waals surface area contributed by atoms with Gasteiger partial charge in [0.1, 0.15) is 0 Å². The van der Waals surface area contributed by atoms with Crippen molar-refractivity contribution in [2.75, 3.05) is 32.9 Å². The molecule has 1 fully saturated rings. The minimum Gasteiger partial charge on any atom is -0.396 e. The lowest BCUT2D eigenvalue weighted by Crippen LogP contribution is -2.47. The van der Waals surface area contributed by atoms with Gasteiger partial charge < -0.3 is 15.2 Å². The van der Waals surface area contributed by atoms with Gasteiger partial charge in [0, 0.05) is 18.6 Å². The predicted octanol–water partition coefficient (Wildman–Crippen LogP) is -0.00510. The quantitative estimate of drug-likeness (QED) is 0.555. The Morgan fingerprint density at radius 2 is 2.27 bits per heavy atom. The molecular weight excluding hydrogens is 142 g/mol. The van der Waals surface area contributed by atoms with E-state index in [4.69, 9.17) is 9.84 Å². The zero-order valence-corrected chi connectivity index (χ0v) is 7.10. The van der Waals surface area contributed by atoms with E-state index in [0.717, 1.165) is 32.7 Å². The fourth-order valence-electron chi connectivity index (χ4n) is 1.15. The summed E-state index contributed by atoms with van der Waals surface area (Å²) in [7, 11) is 0. The molecule has 1 heterocycles. The highest BCUT2D eigenvalue weighted by Gasteiger charge is 2.32. The number of aliphatic hydroxyl groups is 1. The van der Waals surface area contributed by atoms with E-state index in [9.17, 15) is 0 Å². The van der Waals surface area contributed by atoms with E-state index in [1.807, 2.05) is 0 Å². The largest absolute Gasteiger partial charge is 0.396 e. The van der Waals surface area contributed by atoms with Gasteiger partial charge in [-0.25, -0.2) is 0 Å². The van der Waals surface area contributed by atoms with Gasteiger partial charge in [0.05, 0.1) is 13.2 Å². The summed E-state index contributed by atoms with van der Waals surface area (Å²) in [6.07, 6.45) is 0.844. The van der Waals surface area contributed by atoms with E-state index >= 15 is 0 Å². The van der Waals surface area contributed by atoms with Crippen LogP contribution < -0.4 is 5.32 Å². The first-order valence-electron chi connectivity index (χ1n) is 4.16. The van der Waals surface area contributed by atoms with Crippen LogP contribution in [0.4, 0.5) is 0 Å². The van der Waals surface area contributed by atoms with Gasteiger partial charge in [-0.05, 0) is 13.0 Å². The Hall–Kier alpha value is -0.120. The second-order valence-corrected chi connectivity index (χ2v) is 3.56. The number of nitrogens with one attached hydrogen (secondary N) is 1. The van der Waals surface area contributed by atoms with Gasteiger partial charge in [-0.3, -0.25) is 0 Å². The molecule has 66 valence electrons. The summed E-state index contributed by atoms with van der Waals surface area (Å²) in [5.41, 5.74) is 0.357. The lowest BCUT2D eigenvalue weighted by atomic mass is 9.89. The van der Waals surface area contributed by atoms with Crippen molar-refractivity contribution in [3.05, 3.63) is 0 Å². The number of hydrogen-bond donors (Lipinski definition) is 2. The molecule has 0 unspecified atom stereocenters. The fraction of sp³-hybridized carbons (Fsp3) is 1.00. The average Bonchev–Trinajstić information content (AvgIpc) is 1.95. The summed E-state index contributed by atoms with van der Waals surface area (Å²) >= 11 is 0. The molecule has 1 rings (SSSR count). The molecule has 1 saturated heterocycles. The van der Waals surface area contributed by atoms with Crippen molar-refractivity contribution >= 4 is 0 Å². The highest BCUT2D eigenvalue weighted by Crippen LogP contribution is 2.24. The number of rotatable bonds is 5. The van der Waals surface area contributed by atoms with Crippen molar-refractivity contribution in [2.45, 2.75) is 13.3 Å². The summed E-state index contributed by atoms with van der Waals surface area (Å²) < 4.78 is 5.11. The zero-order valence-electron chi connectivity index (χ0n) is 7.10. The molecule has 11 heavy (non-hydrogen) atoms. The van der Waals surface area contributed by atoms with Gasteiger partial charge in [-0.15, -0.1) is 0 Å². The molecule has 3 heteroatoms. The fourth-order valence-corrected chi connectivity index (χ4v) is 1.15. The Balaban J connectivity index is 1.94. The standard InChI is InChI=1S/C8H17NO2/c1-8(6-11-7-8)5-9-3-2-4-10/h9-10H,2-7H2,1H3.